The van der Waals surface area contributed by atoms with Crippen molar-refractivity contribution in [2.24, 2.45) is 5.92 Å². The molecule has 2 fully saturated rings. The summed E-state index contributed by atoms with van der Waals surface area (Å²) in [6.45, 7) is 2.99. The van der Waals surface area contributed by atoms with E-state index in [-0.39, 0.29) is 16.8 Å². The Kier molecular flexibility index (Phi) is 4.31. The third-order valence-electron chi connectivity index (χ3n) is 6.71. The van der Waals surface area contributed by atoms with E-state index >= 15 is 0 Å². The van der Waals surface area contributed by atoms with Gasteiger partial charge in [0.25, 0.3) is 0 Å². The van der Waals surface area contributed by atoms with E-state index in [1.807, 2.05) is 0 Å². The Bertz CT molecular complexity index is 845. The van der Waals surface area contributed by atoms with Crippen LogP contribution in [0.5, 0.6) is 5.75 Å². The molecule has 1 saturated carbocycles. The number of epoxide rings is 1. The predicted octanol–water partition coefficient (Wildman–Crippen LogP) is 4.47. The maximum atomic E-state index is 12.6. The molecule has 0 radical (unpaired) electrons. The molecule has 0 amide bonds. The summed E-state index contributed by atoms with van der Waals surface area (Å²) < 4.78 is 70.5. The minimum Gasteiger partial charge on any atom is -0.376 e. The molecule has 3 aliphatic rings. The first kappa shape index (κ1) is 19.1. The van der Waals surface area contributed by atoms with Crippen LogP contribution in [-0.4, -0.2) is 26.1 Å². The molecule has 2 aliphatic carbocycles. The highest BCUT2D eigenvalue weighted by molar-refractivity contribution is 7.88. The summed E-state index contributed by atoms with van der Waals surface area (Å²) in [5.41, 5.74) is -3.36. The van der Waals surface area contributed by atoms with Crippen LogP contribution in [0.25, 0.3) is 0 Å². The molecule has 0 unspecified atom stereocenters. The van der Waals surface area contributed by atoms with Crippen LogP contribution in [0.2, 0.25) is 0 Å². The largest absolute Gasteiger partial charge is 0.534 e. The molecule has 1 heterocycles. The van der Waals surface area contributed by atoms with Gasteiger partial charge < -0.3 is 8.92 Å². The van der Waals surface area contributed by atoms with E-state index < -0.39 is 15.6 Å². The second-order valence-electron chi connectivity index (χ2n) is 8.08. The fourth-order valence-electron chi connectivity index (χ4n) is 5.18. The zero-order valence-electron chi connectivity index (χ0n) is 15.1. The van der Waals surface area contributed by atoms with Gasteiger partial charge in [-0.3, -0.25) is 0 Å². The van der Waals surface area contributed by atoms with Crippen molar-refractivity contribution in [1.82, 2.24) is 0 Å². The molecule has 4 rings (SSSR count). The van der Waals surface area contributed by atoms with Gasteiger partial charge in [0.1, 0.15) is 5.75 Å². The highest BCUT2D eigenvalue weighted by Gasteiger charge is 2.56. The molecule has 3 atom stereocenters. The van der Waals surface area contributed by atoms with Gasteiger partial charge in [0.15, 0.2) is 0 Å². The van der Waals surface area contributed by atoms with E-state index in [1.165, 1.54) is 12.1 Å². The molecule has 4 nitrogen and oxygen atoms in total. The van der Waals surface area contributed by atoms with Crippen LogP contribution in [-0.2, 0) is 26.7 Å². The summed E-state index contributed by atoms with van der Waals surface area (Å²) >= 11 is 0. The van der Waals surface area contributed by atoms with Crippen LogP contribution in [0.1, 0.15) is 56.6 Å². The van der Waals surface area contributed by atoms with Crippen molar-refractivity contribution in [3.63, 3.8) is 0 Å². The molecule has 1 aliphatic heterocycles. The van der Waals surface area contributed by atoms with Gasteiger partial charge in [-0.15, -0.1) is 0 Å². The second-order valence-corrected chi connectivity index (χ2v) is 9.61. The molecule has 1 aromatic rings. The maximum Gasteiger partial charge on any atom is 0.534 e. The Morgan fingerprint density at radius 1 is 1.30 bits per heavy atom. The van der Waals surface area contributed by atoms with E-state index in [4.69, 9.17) is 4.74 Å². The third-order valence-corrected chi connectivity index (χ3v) is 7.69. The van der Waals surface area contributed by atoms with E-state index in [0.29, 0.717) is 12.3 Å². The molecule has 8 heteroatoms. The summed E-state index contributed by atoms with van der Waals surface area (Å²) in [6.07, 6.45) is 6.64. The number of hydrogen-bond donors (Lipinski definition) is 0. The lowest BCUT2D eigenvalue weighted by atomic mass is 9.58. The van der Waals surface area contributed by atoms with Crippen LogP contribution < -0.4 is 4.18 Å². The van der Waals surface area contributed by atoms with Crippen LogP contribution in [0.15, 0.2) is 18.2 Å². The normalized spacial score (nSPS) is 33.1. The second kappa shape index (κ2) is 6.11. The number of halogens is 3. The van der Waals surface area contributed by atoms with Crippen molar-refractivity contribution < 1.29 is 30.5 Å². The minimum atomic E-state index is -5.65. The molecule has 0 N–H and O–H groups in total. The first-order valence-corrected chi connectivity index (χ1v) is 10.8. The highest BCUT2D eigenvalue weighted by atomic mass is 32.2. The molecule has 27 heavy (non-hydrogen) atoms. The van der Waals surface area contributed by atoms with E-state index in [0.717, 1.165) is 56.3 Å². The Balaban J connectivity index is 1.69. The van der Waals surface area contributed by atoms with Gasteiger partial charge in [0.05, 0.1) is 12.2 Å². The van der Waals surface area contributed by atoms with Crippen molar-refractivity contribution in [1.29, 1.82) is 0 Å². The van der Waals surface area contributed by atoms with E-state index in [1.54, 1.807) is 6.07 Å². The molecule has 1 saturated heterocycles. The van der Waals surface area contributed by atoms with Crippen LogP contribution in [0.3, 0.4) is 0 Å². The van der Waals surface area contributed by atoms with Crippen molar-refractivity contribution in [3.05, 3.63) is 29.3 Å². The molecule has 0 aromatic heterocycles. The minimum absolute atomic E-state index is 0.0233. The average molecular weight is 404 g/mol. The Morgan fingerprint density at radius 2 is 2.04 bits per heavy atom. The topological polar surface area (TPSA) is 55.9 Å². The fourth-order valence-corrected chi connectivity index (χ4v) is 5.63. The van der Waals surface area contributed by atoms with E-state index in [2.05, 4.69) is 11.1 Å². The zero-order valence-corrected chi connectivity index (χ0v) is 16.0. The number of alkyl halides is 3. The standard InChI is InChI=1S/C19H23F3O4S/c1-2-18-9-8-17(12-25-17)11-14(18)5-3-4-13-10-15(6-7-16(13)18)26-27(23,24)19(20,21)22/h6-7,10,14H,2-5,8-9,11-12H2,1H3/t14-,17+,18+/m0/s1. The zero-order chi connectivity index (χ0) is 19.5. The Morgan fingerprint density at radius 3 is 2.67 bits per heavy atom. The molecule has 1 spiro atoms. The highest BCUT2D eigenvalue weighted by Crippen LogP contribution is 2.57. The number of benzene rings is 1. The summed E-state index contributed by atoms with van der Waals surface area (Å²) in [5, 5.41) is 0. The average Bonchev–Trinajstić information content (AvgIpc) is 3.36. The van der Waals surface area contributed by atoms with Crippen molar-refractivity contribution in [3.8, 4) is 5.75 Å². The van der Waals surface area contributed by atoms with Crippen LogP contribution >= 0.6 is 0 Å². The summed E-state index contributed by atoms with van der Waals surface area (Å²) in [4.78, 5) is 0. The van der Waals surface area contributed by atoms with E-state index in [9.17, 15) is 21.6 Å². The summed E-state index contributed by atoms with van der Waals surface area (Å²) in [5.74, 6) is 0.208. The smallest absolute Gasteiger partial charge is 0.376 e. The lowest BCUT2D eigenvalue weighted by Crippen LogP contribution is -2.43. The maximum absolute atomic E-state index is 12.6. The summed E-state index contributed by atoms with van der Waals surface area (Å²) in [7, 11) is -5.65. The van der Waals surface area contributed by atoms with Crippen LogP contribution in [0.4, 0.5) is 13.2 Å². The number of fused-ring (bicyclic) bond motifs is 3. The molecule has 1 aromatic carbocycles. The van der Waals surface area contributed by atoms with Gasteiger partial charge >= 0.3 is 15.6 Å². The quantitative estimate of drug-likeness (QED) is 0.424. The fraction of sp³-hybridized carbons (Fsp3) is 0.684. The van der Waals surface area contributed by atoms with Gasteiger partial charge in [-0.05, 0) is 79.5 Å². The number of rotatable bonds is 3. The van der Waals surface area contributed by atoms with Crippen molar-refractivity contribution in [2.45, 2.75) is 68.4 Å². The number of hydrogen-bond acceptors (Lipinski definition) is 4. The predicted molar refractivity (Wildman–Crippen MR) is 93.0 cm³/mol. The van der Waals surface area contributed by atoms with Gasteiger partial charge in [0.2, 0.25) is 0 Å². The number of aryl methyl sites for hydroxylation is 1. The van der Waals surface area contributed by atoms with Gasteiger partial charge in [-0.25, -0.2) is 0 Å². The molecular formula is C19H23F3O4S. The molecule has 150 valence electrons. The van der Waals surface area contributed by atoms with Crippen LogP contribution in [0, 0.1) is 5.92 Å². The van der Waals surface area contributed by atoms with Gasteiger partial charge in [0, 0.05) is 0 Å². The first-order chi connectivity index (χ1) is 12.6. The van der Waals surface area contributed by atoms with Gasteiger partial charge in [-0.1, -0.05) is 13.0 Å². The number of ether oxygens (including phenoxy) is 1. The molecular weight excluding hydrogens is 381 g/mol. The Hall–Kier alpha value is -1.28. The van der Waals surface area contributed by atoms with Crippen molar-refractivity contribution in [2.75, 3.05) is 6.61 Å². The molecule has 0 bridgehead atoms. The first-order valence-electron chi connectivity index (χ1n) is 9.39. The monoisotopic (exact) mass is 404 g/mol. The van der Waals surface area contributed by atoms with Gasteiger partial charge in [-0.2, -0.15) is 21.6 Å². The Labute approximate surface area is 157 Å². The SMILES string of the molecule is CC[C@@]12CC[C@]3(CO3)C[C@@H]1CCCc1cc(OS(=O)(=O)C(F)(F)F)ccc12. The van der Waals surface area contributed by atoms with Crippen molar-refractivity contribution >= 4 is 10.1 Å². The lowest BCUT2D eigenvalue weighted by molar-refractivity contribution is -0.0500. The summed E-state index contributed by atoms with van der Waals surface area (Å²) in [6, 6.07) is 4.63. The third kappa shape index (κ3) is 3.14. The lowest BCUT2D eigenvalue weighted by Gasteiger charge is -2.46.